The van der Waals surface area contributed by atoms with Gasteiger partial charge in [-0.1, -0.05) is 48.5 Å². The SMILES string of the molecule is Cc1cc(CN[C@@H](C)c2ccccc2)c2ccccc2n1. The van der Waals surface area contributed by atoms with Gasteiger partial charge in [0.15, 0.2) is 0 Å². The Hall–Kier alpha value is -2.19. The topological polar surface area (TPSA) is 24.9 Å². The van der Waals surface area contributed by atoms with Gasteiger partial charge in [0.1, 0.15) is 0 Å². The van der Waals surface area contributed by atoms with Crippen LogP contribution in [0.3, 0.4) is 0 Å². The van der Waals surface area contributed by atoms with E-state index in [2.05, 4.69) is 78.7 Å². The number of nitrogens with zero attached hydrogens (tertiary/aromatic N) is 1. The van der Waals surface area contributed by atoms with Gasteiger partial charge in [0.05, 0.1) is 5.52 Å². The van der Waals surface area contributed by atoms with Gasteiger partial charge in [0.2, 0.25) is 0 Å². The summed E-state index contributed by atoms with van der Waals surface area (Å²) < 4.78 is 0. The molecule has 2 nitrogen and oxygen atoms in total. The van der Waals surface area contributed by atoms with E-state index in [0.717, 1.165) is 17.8 Å². The fourth-order valence-electron chi connectivity index (χ4n) is 2.66. The summed E-state index contributed by atoms with van der Waals surface area (Å²) in [5.74, 6) is 0. The highest BCUT2D eigenvalue weighted by molar-refractivity contribution is 5.82. The fraction of sp³-hybridized carbons (Fsp3) is 0.211. The van der Waals surface area contributed by atoms with E-state index >= 15 is 0 Å². The first-order valence-corrected chi connectivity index (χ1v) is 7.37. The highest BCUT2D eigenvalue weighted by atomic mass is 14.9. The molecule has 0 spiro atoms. The second-order valence-electron chi connectivity index (χ2n) is 5.45. The lowest BCUT2D eigenvalue weighted by Gasteiger charge is -2.15. The third kappa shape index (κ3) is 3.11. The molecule has 0 amide bonds. The normalized spacial score (nSPS) is 12.5. The lowest BCUT2D eigenvalue weighted by Crippen LogP contribution is -2.18. The number of nitrogens with one attached hydrogen (secondary N) is 1. The van der Waals surface area contributed by atoms with Crippen molar-refractivity contribution in [2.75, 3.05) is 0 Å². The molecule has 0 aliphatic heterocycles. The summed E-state index contributed by atoms with van der Waals surface area (Å²) in [6, 6.07) is 21.4. The Bertz CT molecular complexity index is 735. The van der Waals surface area contributed by atoms with Gasteiger partial charge in [-0.25, -0.2) is 0 Å². The number of aromatic nitrogens is 1. The fourth-order valence-corrected chi connectivity index (χ4v) is 2.66. The van der Waals surface area contributed by atoms with Gasteiger partial charge in [0.25, 0.3) is 0 Å². The van der Waals surface area contributed by atoms with Crippen LogP contribution in [-0.2, 0) is 6.54 Å². The van der Waals surface area contributed by atoms with Crippen LogP contribution in [0, 0.1) is 6.92 Å². The predicted octanol–water partition coefficient (Wildman–Crippen LogP) is 4.39. The smallest absolute Gasteiger partial charge is 0.0708 e. The van der Waals surface area contributed by atoms with Gasteiger partial charge in [-0.3, -0.25) is 4.98 Å². The molecule has 0 fully saturated rings. The number of pyridine rings is 1. The molecular weight excluding hydrogens is 256 g/mol. The largest absolute Gasteiger partial charge is 0.306 e. The van der Waals surface area contributed by atoms with E-state index in [1.54, 1.807) is 0 Å². The summed E-state index contributed by atoms with van der Waals surface area (Å²) in [5.41, 5.74) is 4.76. The molecule has 21 heavy (non-hydrogen) atoms. The summed E-state index contributed by atoms with van der Waals surface area (Å²) in [6.45, 7) is 5.10. The zero-order chi connectivity index (χ0) is 14.7. The number of aryl methyl sites for hydroxylation is 1. The second kappa shape index (κ2) is 6.06. The quantitative estimate of drug-likeness (QED) is 0.764. The third-order valence-corrected chi connectivity index (χ3v) is 3.83. The highest BCUT2D eigenvalue weighted by Crippen LogP contribution is 2.19. The van der Waals surface area contributed by atoms with Crippen LogP contribution in [0.2, 0.25) is 0 Å². The van der Waals surface area contributed by atoms with E-state index in [1.165, 1.54) is 16.5 Å². The second-order valence-corrected chi connectivity index (χ2v) is 5.45. The average Bonchev–Trinajstić information content (AvgIpc) is 2.53. The van der Waals surface area contributed by atoms with E-state index in [9.17, 15) is 0 Å². The molecule has 1 aromatic heterocycles. The zero-order valence-electron chi connectivity index (χ0n) is 12.5. The molecule has 0 aliphatic carbocycles. The van der Waals surface area contributed by atoms with Gasteiger partial charge in [0, 0.05) is 23.7 Å². The number of benzene rings is 2. The standard InChI is InChI=1S/C19H20N2/c1-14-12-17(18-10-6-7-11-19(18)21-14)13-20-15(2)16-8-4-3-5-9-16/h3-12,15,20H,13H2,1-2H3/t15-/m0/s1. The van der Waals surface area contributed by atoms with Crippen molar-refractivity contribution in [3.05, 3.63) is 77.5 Å². The average molecular weight is 276 g/mol. The third-order valence-electron chi connectivity index (χ3n) is 3.83. The minimum absolute atomic E-state index is 0.332. The van der Waals surface area contributed by atoms with E-state index in [1.807, 2.05) is 6.07 Å². The summed E-state index contributed by atoms with van der Waals surface area (Å²) in [7, 11) is 0. The summed E-state index contributed by atoms with van der Waals surface area (Å²) in [4.78, 5) is 4.59. The maximum Gasteiger partial charge on any atom is 0.0708 e. The van der Waals surface area contributed by atoms with E-state index in [0.29, 0.717) is 6.04 Å². The zero-order valence-corrected chi connectivity index (χ0v) is 12.5. The number of fused-ring (bicyclic) bond motifs is 1. The molecule has 106 valence electrons. The predicted molar refractivity (Wildman–Crippen MR) is 88.2 cm³/mol. The Morgan fingerprint density at radius 1 is 1.00 bits per heavy atom. The van der Waals surface area contributed by atoms with E-state index in [-0.39, 0.29) is 0 Å². The molecule has 0 radical (unpaired) electrons. The van der Waals surface area contributed by atoms with Crippen molar-refractivity contribution in [1.29, 1.82) is 0 Å². The minimum atomic E-state index is 0.332. The Labute approximate surface area is 125 Å². The molecule has 1 atom stereocenters. The number of hydrogen-bond donors (Lipinski definition) is 1. The Morgan fingerprint density at radius 2 is 1.71 bits per heavy atom. The summed E-state index contributed by atoms with van der Waals surface area (Å²) in [5, 5.41) is 4.84. The molecule has 0 unspecified atom stereocenters. The molecule has 3 aromatic rings. The van der Waals surface area contributed by atoms with Crippen molar-refractivity contribution in [3.63, 3.8) is 0 Å². The Balaban J connectivity index is 1.82. The highest BCUT2D eigenvalue weighted by Gasteiger charge is 2.07. The molecule has 0 bridgehead atoms. The molecule has 0 saturated carbocycles. The van der Waals surface area contributed by atoms with E-state index < -0.39 is 0 Å². The van der Waals surface area contributed by atoms with Crippen molar-refractivity contribution in [1.82, 2.24) is 10.3 Å². The molecule has 1 N–H and O–H groups in total. The van der Waals surface area contributed by atoms with Gasteiger partial charge >= 0.3 is 0 Å². The Kier molecular flexibility index (Phi) is 3.98. The van der Waals surface area contributed by atoms with E-state index in [4.69, 9.17) is 0 Å². The lowest BCUT2D eigenvalue weighted by atomic mass is 10.1. The number of para-hydroxylation sites is 1. The van der Waals surface area contributed by atoms with Crippen molar-refractivity contribution in [3.8, 4) is 0 Å². The molecule has 0 aliphatic rings. The molecule has 2 heteroatoms. The molecule has 1 heterocycles. The van der Waals surface area contributed by atoms with Crippen molar-refractivity contribution >= 4 is 10.9 Å². The van der Waals surface area contributed by atoms with Crippen LogP contribution in [0.5, 0.6) is 0 Å². The first-order valence-electron chi connectivity index (χ1n) is 7.37. The monoisotopic (exact) mass is 276 g/mol. The number of hydrogen-bond acceptors (Lipinski definition) is 2. The van der Waals surface area contributed by atoms with Crippen LogP contribution in [-0.4, -0.2) is 4.98 Å². The molecule has 0 saturated heterocycles. The van der Waals surface area contributed by atoms with Crippen LogP contribution in [0.25, 0.3) is 10.9 Å². The van der Waals surface area contributed by atoms with Crippen molar-refractivity contribution in [2.24, 2.45) is 0 Å². The Morgan fingerprint density at radius 3 is 2.52 bits per heavy atom. The van der Waals surface area contributed by atoms with Crippen LogP contribution in [0.1, 0.15) is 29.8 Å². The van der Waals surface area contributed by atoms with Gasteiger partial charge in [-0.05, 0) is 37.1 Å². The van der Waals surface area contributed by atoms with Gasteiger partial charge in [-0.15, -0.1) is 0 Å². The summed E-state index contributed by atoms with van der Waals surface area (Å²) >= 11 is 0. The van der Waals surface area contributed by atoms with Crippen LogP contribution in [0.4, 0.5) is 0 Å². The van der Waals surface area contributed by atoms with Gasteiger partial charge < -0.3 is 5.32 Å². The van der Waals surface area contributed by atoms with Gasteiger partial charge in [-0.2, -0.15) is 0 Å². The van der Waals surface area contributed by atoms with Crippen LogP contribution < -0.4 is 5.32 Å². The molecule has 3 rings (SSSR count). The first kappa shape index (κ1) is 13.8. The first-order chi connectivity index (χ1) is 10.2. The summed E-state index contributed by atoms with van der Waals surface area (Å²) in [6.07, 6.45) is 0. The van der Waals surface area contributed by atoms with Crippen molar-refractivity contribution in [2.45, 2.75) is 26.4 Å². The number of rotatable bonds is 4. The maximum atomic E-state index is 4.59. The van der Waals surface area contributed by atoms with Crippen LogP contribution in [0.15, 0.2) is 60.7 Å². The minimum Gasteiger partial charge on any atom is -0.306 e. The van der Waals surface area contributed by atoms with Crippen LogP contribution >= 0.6 is 0 Å². The maximum absolute atomic E-state index is 4.59. The molecule has 2 aromatic carbocycles. The molecular formula is C19H20N2. The lowest BCUT2D eigenvalue weighted by molar-refractivity contribution is 0.576. The van der Waals surface area contributed by atoms with Crippen molar-refractivity contribution < 1.29 is 0 Å².